The minimum absolute atomic E-state index is 0.313. The topological polar surface area (TPSA) is 20.2 Å². The fraction of sp³-hybridized carbons (Fsp3) is 1.00. The molecule has 0 fully saturated rings. The Morgan fingerprint density at radius 2 is 2.33 bits per heavy atom. The molecule has 0 rings (SSSR count). The number of halogens is 2. The maximum absolute atomic E-state index is 8.53. The molecule has 0 bridgehead atoms. The van der Waals surface area contributed by atoms with E-state index in [1.807, 2.05) is 0 Å². The summed E-state index contributed by atoms with van der Waals surface area (Å²) in [6.45, 7) is 0. The van der Waals surface area contributed by atoms with E-state index < -0.39 is 0 Å². The van der Waals surface area contributed by atoms with E-state index in [1.165, 1.54) is 0 Å². The normalized spacial score (nSPS) is 14.5. The van der Waals surface area contributed by atoms with Crippen molar-refractivity contribution in [1.82, 2.24) is 0 Å². The van der Waals surface area contributed by atoms with E-state index in [2.05, 4.69) is 22.6 Å². The van der Waals surface area contributed by atoms with Gasteiger partial charge in [-0.15, -0.1) is 11.6 Å². The van der Waals surface area contributed by atoms with Crippen LogP contribution < -0.4 is 0 Å². The summed E-state index contributed by atoms with van der Waals surface area (Å²) >= 11 is 7.28. The number of hydrogen-bond donors (Lipinski definition) is 1. The van der Waals surface area contributed by atoms with Crippen LogP contribution in [0.1, 0.15) is 0 Å². The highest BCUT2D eigenvalue weighted by atomic mass is 127. The van der Waals surface area contributed by atoms with Crippen LogP contribution in [-0.4, -0.2) is 21.5 Å². The Morgan fingerprint density at radius 3 is 2.33 bits per heavy atom. The number of alkyl halides is 2. The number of aliphatic hydroxyl groups excluding tert-OH is 1. The van der Waals surface area contributed by atoms with Crippen LogP contribution in [0.3, 0.4) is 0 Å². The lowest BCUT2D eigenvalue weighted by molar-refractivity contribution is 0.226. The van der Waals surface area contributed by atoms with Crippen LogP contribution in [0.5, 0.6) is 0 Å². The molecule has 0 amide bonds. The molecule has 1 atom stereocenters. The van der Waals surface area contributed by atoms with Gasteiger partial charge < -0.3 is 5.11 Å². The van der Waals surface area contributed by atoms with Gasteiger partial charge in [-0.25, -0.2) is 0 Å². The molecule has 0 aromatic rings. The molecule has 0 aliphatic heterocycles. The summed E-state index contributed by atoms with van der Waals surface area (Å²) in [5.74, 6) is 0.350. The van der Waals surface area contributed by atoms with Gasteiger partial charge in [0, 0.05) is 10.3 Å². The Balaban J connectivity index is 2.75. The van der Waals surface area contributed by atoms with Gasteiger partial charge in [0.1, 0.15) is 0 Å². The van der Waals surface area contributed by atoms with E-state index in [-0.39, 0.29) is 6.10 Å². The molecular formula is C3H6ClIO. The average Bonchev–Trinajstić information content (AvgIpc) is 1.65. The van der Waals surface area contributed by atoms with Crippen LogP contribution in [0.2, 0.25) is 0 Å². The molecule has 1 nitrogen and oxygen atoms in total. The molecule has 0 aliphatic rings. The first-order chi connectivity index (χ1) is 2.81. The summed E-state index contributed by atoms with van der Waals surface area (Å²) in [5, 5.41) is 8.53. The molecule has 0 spiro atoms. The minimum Gasteiger partial charge on any atom is -0.391 e. The van der Waals surface area contributed by atoms with Crippen LogP contribution in [-0.2, 0) is 0 Å². The number of hydrogen-bond acceptors (Lipinski definition) is 1. The first kappa shape index (κ1) is 6.98. The maximum atomic E-state index is 8.53. The second-order valence-corrected chi connectivity index (χ2v) is 2.15. The molecule has 0 aromatic carbocycles. The molecule has 38 valence electrons. The maximum Gasteiger partial charge on any atom is 0.0764 e. The SMILES string of the molecule is O[C@H](CCl)CI. The zero-order chi connectivity index (χ0) is 4.99. The lowest BCUT2D eigenvalue weighted by Gasteiger charge is -1.95. The summed E-state index contributed by atoms with van der Waals surface area (Å²) in [6, 6.07) is 0. The second-order valence-electron chi connectivity index (χ2n) is 0.962. The van der Waals surface area contributed by atoms with Crippen molar-refractivity contribution in [2.45, 2.75) is 6.10 Å². The fourth-order valence-corrected chi connectivity index (χ4v) is 0.830. The summed E-state index contributed by atoms with van der Waals surface area (Å²) < 4.78 is 0.723. The zero-order valence-electron chi connectivity index (χ0n) is 3.19. The molecule has 3 heteroatoms. The van der Waals surface area contributed by atoms with E-state index in [0.29, 0.717) is 5.88 Å². The number of rotatable bonds is 2. The lowest BCUT2D eigenvalue weighted by Crippen LogP contribution is -2.08. The third-order valence-electron chi connectivity index (χ3n) is 0.356. The van der Waals surface area contributed by atoms with E-state index in [0.717, 1.165) is 4.43 Å². The van der Waals surface area contributed by atoms with Crippen LogP contribution in [0, 0.1) is 0 Å². The highest BCUT2D eigenvalue weighted by Gasteiger charge is 1.93. The highest BCUT2D eigenvalue weighted by Crippen LogP contribution is 1.91. The van der Waals surface area contributed by atoms with Crippen molar-refractivity contribution in [2.75, 3.05) is 10.3 Å². The minimum atomic E-state index is -0.313. The van der Waals surface area contributed by atoms with Crippen molar-refractivity contribution in [3.05, 3.63) is 0 Å². The molecule has 0 heterocycles. The Morgan fingerprint density at radius 1 is 1.83 bits per heavy atom. The van der Waals surface area contributed by atoms with Crippen LogP contribution in [0.15, 0.2) is 0 Å². The fourth-order valence-electron chi connectivity index (χ4n) is 0.0412. The van der Waals surface area contributed by atoms with Crippen LogP contribution in [0.4, 0.5) is 0 Å². The first-order valence-corrected chi connectivity index (χ1v) is 3.67. The quantitative estimate of drug-likeness (QED) is 0.544. The van der Waals surface area contributed by atoms with Crippen molar-refractivity contribution < 1.29 is 5.11 Å². The van der Waals surface area contributed by atoms with Gasteiger partial charge in [-0.2, -0.15) is 0 Å². The standard InChI is InChI=1S/C3H6ClIO/c4-1-3(6)2-5/h3,6H,1-2H2/t3-/m1/s1. The van der Waals surface area contributed by atoms with Gasteiger partial charge in [-0.05, 0) is 0 Å². The predicted octanol–water partition coefficient (Wildman–Crippen LogP) is 1.02. The largest absolute Gasteiger partial charge is 0.391 e. The summed E-state index contributed by atoms with van der Waals surface area (Å²) in [5.41, 5.74) is 0. The third-order valence-corrected chi connectivity index (χ3v) is 1.73. The smallest absolute Gasteiger partial charge is 0.0764 e. The molecule has 0 aliphatic carbocycles. The van der Waals surface area contributed by atoms with Gasteiger partial charge in [0.15, 0.2) is 0 Å². The van der Waals surface area contributed by atoms with Gasteiger partial charge >= 0.3 is 0 Å². The van der Waals surface area contributed by atoms with Crippen LogP contribution in [0.25, 0.3) is 0 Å². The first-order valence-electron chi connectivity index (χ1n) is 1.61. The van der Waals surface area contributed by atoms with Crippen molar-refractivity contribution in [3.63, 3.8) is 0 Å². The molecule has 0 saturated heterocycles. The molecule has 6 heavy (non-hydrogen) atoms. The predicted molar refractivity (Wildman–Crippen MR) is 35.6 cm³/mol. The molecular weight excluding hydrogens is 214 g/mol. The number of aliphatic hydroxyl groups is 1. The van der Waals surface area contributed by atoms with E-state index in [1.54, 1.807) is 0 Å². The van der Waals surface area contributed by atoms with Gasteiger partial charge in [-0.3, -0.25) is 0 Å². The second kappa shape index (κ2) is 4.15. The lowest BCUT2D eigenvalue weighted by atomic mass is 10.5. The van der Waals surface area contributed by atoms with Crippen molar-refractivity contribution in [3.8, 4) is 0 Å². The Kier molecular flexibility index (Phi) is 4.82. The van der Waals surface area contributed by atoms with Gasteiger partial charge in [0.25, 0.3) is 0 Å². The van der Waals surface area contributed by atoms with Gasteiger partial charge in [-0.1, -0.05) is 22.6 Å². The molecule has 1 N–H and O–H groups in total. The third kappa shape index (κ3) is 3.18. The molecule has 0 radical (unpaired) electrons. The van der Waals surface area contributed by atoms with Crippen molar-refractivity contribution >= 4 is 34.2 Å². The Hall–Kier alpha value is 0.980. The summed E-state index contributed by atoms with van der Waals surface area (Å²) in [6.07, 6.45) is -0.313. The van der Waals surface area contributed by atoms with Gasteiger partial charge in [0.2, 0.25) is 0 Å². The van der Waals surface area contributed by atoms with Crippen LogP contribution >= 0.6 is 34.2 Å². The monoisotopic (exact) mass is 220 g/mol. The van der Waals surface area contributed by atoms with Crippen molar-refractivity contribution in [1.29, 1.82) is 0 Å². The van der Waals surface area contributed by atoms with Crippen molar-refractivity contribution in [2.24, 2.45) is 0 Å². The summed E-state index contributed by atoms with van der Waals surface area (Å²) in [7, 11) is 0. The Labute approximate surface area is 55.8 Å². The van der Waals surface area contributed by atoms with Gasteiger partial charge in [0.05, 0.1) is 6.10 Å². The Bertz CT molecular complexity index is 30.0. The van der Waals surface area contributed by atoms with E-state index >= 15 is 0 Å². The molecule has 0 aromatic heterocycles. The molecule has 0 unspecified atom stereocenters. The average molecular weight is 220 g/mol. The molecule has 0 saturated carbocycles. The van der Waals surface area contributed by atoms with E-state index in [4.69, 9.17) is 16.7 Å². The highest BCUT2D eigenvalue weighted by molar-refractivity contribution is 14.1. The van der Waals surface area contributed by atoms with E-state index in [9.17, 15) is 0 Å². The zero-order valence-corrected chi connectivity index (χ0v) is 6.11. The summed E-state index contributed by atoms with van der Waals surface area (Å²) in [4.78, 5) is 0.